The Morgan fingerprint density at radius 1 is 1.33 bits per heavy atom. The molecule has 0 aliphatic heterocycles. The number of rotatable bonds is 5. The van der Waals surface area contributed by atoms with Crippen LogP contribution < -0.4 is 10.1 Å². The molecule has 5 heteroatoms. The lowest BCUT2D eigenvalue weighted by Crippen LogP contribution is -2.14. The van der Waals surface area contributed by atoms with Gasteiger partial charge in [-0.2, -0.15) is 0 Å². The summed E-state index contributed by atoms with van der Waals surface area (Å²) in [6.45, 7) is 4.05. The van der Waals surface area contributed by atoms with Crippen LogP contribution in [0.3, 0.4) is 0 Å². The number of aliphatic hydroxyl groups is 1. The highest BCUT2D eigenvalue weighted by molar-refractivity contribution is 6.04. The van der Waals surface area contributed by atoms with E-state index in [9.17, 15) is 9.90 Å². The summed E-state index contributed by atoms with van der Waals surface area (Å²) in [5.74, 6) is 0.206. The molecule has 0 fully saturated rings. The Bertz CT molecular complexity index is 609. The van der Waals surface area contributed by atoms with Crippen LogP contribution in [0.2, 0.25) is 0 Å². The first kappa shape index (κ1) is 15.0. The van der Waals surface area contributed by atoms with Crippen molar-refractivity contribution in [1.29, 1.82) is 0 Å². The number of aliphatic hydroxyl groups excluding tert-OH is 1. The number of nitrogens with zero attached hydrogens (tertiary/aromatic N) is 1. The van der Waals surface area contributed by atoms with E-state index in [0.29, 0.717) is 29.3 Å². The second-order valence-electron chi connectivity index (χ2n) is 4.54. The molecule has 1 amide bonds. The van der Waals surface area contributed by atoms with Crippen molar-refractivity contribution in [3.63, 3.8) is 0 Å². The average molecular weight is 286 g/mol. The fourth-order valence-corrected chi connectivity index (χ4v) is 1.92. The van der Waals surface area contributed by atoms with Gasteiger partial charge in [0.1, 0.15) is 0 Å². The summed E-state index contributed by atoms with van der Waals surface area (Å²) in [7, 11) is 0. The number of pyridine rings is 1. The summed E-state index contributed by atoms with van der Waals surface area (Å²) in [6, 6.07) is 10.4. The van der Waals surface area contributed by atoms with Crippen LogP contribution in [-0.4, -0.2) is 22.6 Å². The van der Waals surface area contributed by atoms with E-state index in [4.69, 9.17) is 4.74 Å². The molecule has 1 aromatic heterocycles. The summed E-state index contributed by atoms with van der Waals surface area (Å²) in [5.41, 5.74) is 1.69. The monoisotopic (exact) mass is 286 g/mol. The molecule has 0 saturated heterocycles. The van der Waals surface area contributed by atoms with E-state index in [0.717, 1.165) is 0 Å². The zero-order valence-electron chi connectivity index (χ0n) is 12.0. The number of para-hydroxylation sites is 1. The lowest BCUT2D eigenvalue weighted by atomic mass is 10.1. The molecule has 2 aromatic rings. The fraction of sp³-hybridized carbons (Fsp3) is 0.250. The maximum absolute atomic E-state index is 12.2. The quantitative estimate of drug-likeness (QED) is 0.886. The van der Waals surface area contributed by atoms with Crippen LogP contribution in [0, 0.1) is 0 Å². The number of anilines is 1. The number of nitrogens with one attached hydrogen (secondary N) is 1. The molecule has 0 spiro atoms. The predicted octanol–water partition coefficient (Wildman–Crippen LogP) is 2.79. The molecule has 2 N–H and O–H groups in total. The van der Waals surface area contributed by atoms with Gasteiger partial charge in [-0.25, -0.2) is 4.98 Å². The Morgan fingerprint density at radius 2 is 2.10 bits per heavy atom. The van der Waals surface area contributed by atoms with Gasteiger partial charge in [-0.15, -0.1) is 0 Å². The normalized spacial score (nSPS) is 11.8. The van der Waals surface area contributed by atoms with Crippen molar-refractivity contribution in [1.82, 2.24) is 4.98 Å². The fourth-order valence-electron chi connectivity index (χ4n) is 1.92. The lowest BCUT2D eigenvalue weighted by Gasteiger charge is -2.13. The third kappa shape index (κ3) is 3.79. The minimum atomic E-state index is -0.653. The van der Waals surface area contributed by atoms with Crippen LogP contribution in [0.5, 0.6) is 5.88 Å². The number of carbonyl (C=O) groups excluding carboxylic acids is 1. The topological polar surface area (TPSA) is 71.5 Å². The summed E-state index contributed by atoms with van der Waals surface area (Å²) in [5, 5.41) is 12.5. The smallest absolute Gasteiger partial charge is 0.257 e. The van der Waals surface area contributed by atoms with Gasteiger partial charge in [-0.1, -0.05) is 18.2 Å². The van der Waals surface area contributed by atoms with Crippen LogP contribution >= 0.6 is 0 Å². The van der Waals surface area contributed by atoms with Crippen molar-refractivity contribution in [2.75, 3.05) is 11.9 Å². The molecule has 0 saturated carbocycles. The van der Waals surface area contributed by atoms with Gasteiger partial charge in [0, 0.05) is 23.5 Å². The largest absolute Gasteiger partial charge is 0.478 e. The van der Waals surface area contributed by atoms with Crippen molar-refractivity contribution in [3.8, 4) is 5.88 Å². The lowest BCUT2D eigenvalue weighted by molar-refractivity contribution is 0.102. The van der Waals surface area contributed by atoms with Crippen LogP contribution in [0.1, 0.15) is 35.9 Å². The van der Waals surface area contributed by atoms with Crippen molar-refractivity contribution >= 4 is 11.6 Å². The van der Waals surface area contributed by atoms with Gasteiger partial charge in [-0.05, 0) is 26.0 Å². The highest BCUT2D eigenvalue weighted by Crippen LogP contribution is 2.22. The molecule has 0 aliphatic rings. The summed E-state index contributed by atoms with van der Waals surface area (Å²) >= 11 is 0. The number of ether oxygens (including phenoxy) is 1. The maximum atomic E-state index is 12.2. The predicted molar refractivity (Wildman–Crippen MR) is 80.4 cm³/mol. The summed E-state index contributed by atoms with van der Waals surface area (Å²) < 4.78 is 5.23. The maximum Gasteiger partial charge on any atom is 0.257 e. The minimum Gasteiger partial charge on any atom is -0.478 e. The zero-order valence-corrected chi connectivity index (χ0v) is 12.0. The number of hydrogen-bond donors (Lipinski definition) is 2. The highest BCUT2D eigenvalue weighted by atomic mass is 16.5. The van der Waals surface area contributed by atoms with E-state index in [-0.39, 0.29) is 5.91 Å². The zero-order chi connectivity index (χ0) is 15.2. The van der Waals surface area contributed by atoms with Crippen molar-refractivity contribution < 1.29 is 14.6 Å². The van der Waals surface area contributed by atoms with E-state index in [2.05, 4.69) is 10.3 Å². The van der Waals surface area contributed by atoms with Gasteiger partial charge < -0.3 is 15.2 Å². The summed E-state index contributed by atoms with van der Waals surface area (Å²) in [6.07, 6.45) is 0.811. The Kier molecular flexibility index (Phi) is 4.90. The minimum absolute atomic E-state index is 0.279. The molecule has 5 nitrogen and oxygen atoms in total. The van der Waals surface area contributed by atoms with Gasteiger partial charge in [0.15, 0.2) is 0 Å². The van der Waals surface area contributed by atoms with Gasteiger partial charge in [0.2, 0.25) is 5.88 Å². The molecule has 0 radical (unpaired) electrons. The van der Waals surface area contributed by atoms with Crippen LogP contribution in [0.4, 0.5) is 5.69 Å². The van der Waals surface area contributed by atoms with Gasteiger partial charge in [0.05, 0.1) is 18.3 Å². The van der Waals surface area contributed by atoms with E-state index in [1.54, 1.807) is 37.3 Å². The molecule has 1 unspecified atom stereocenters. The van der Waals surface area contributed by atoms with Gasteiger partial charge >= 0.3 is 0 Å². The van der Waals surface area contributed by atoms with Crippen molar-refractivity contribution in [3.05, 3.63) is 53.7 Å². The number of carbonyl (C=O) groups is 1. The molecule has 1 heterocycles. The molecule has 2 rings (SSSR count). The molecular formula is C16H18N2O3. The molecule has 21 heavy (non-hydrogen) atoms. The van der Waals surface area contributed by atoms with Crippen molar-refractivity contribution in [2.24, 2.45) is 0 Å². The first-order valence-electron chi connectivity index (χ1n) is 6.79. The molecule has 1 aromatic carbocycles. The third-order valence-electron chi connectivity index (χ3n) is 2.95. The Morgan fingerprint density at radius 3 is 2.71 bits per heavy atom. The summed E-state index contributed by atoms with van der Waals surface area (Å²) in [4.78, 5) is 16.2. The number of hydrogen-bond acceptors (Lipinski definition) is 4. The Hall–Kier alpha value is -2.40. The van der Waals surface area contributed by atoms with E-state index < -0.39 is 6.10 Å². The number of amides is 1. The van der Waals surface area contributed by atoms with E-state index in [1.165, 1.54) is 6.20 Å². The number of benzene rings is 1. The van der Waals surface area contributed by atoms with Crippen LogP contribution in [0.25, 0.3) is 0 Å². The van der Waals surface area contributed by atoms with E-state index in [1.807, 2.05) is 13.0 Å². The molecule has 0 bridgehead atoms. The molecule has 1 atom stereocenters. The Labute approximate surface area is 123 Å². The van der Waals surface area contributed by atoms with Crippen LogP contribution in [0.15, 0.2) is 42.6 Å². The standard InChI is InChI=1S/C16H18N2O3/c1-3-21-15-9-8-12(10-17-15)16(20)18-14-7-5-4-6-13(14)11(2)19/h4-11,19H,3H2,1-2H3,(H,18,20). The second-order valence-corrected chi connectivity index (χ2v) is 4.54. The average Bonchev–Trinajstić information content (AvgIpc) is 2.48. The SMILES string of the molecule is CCOc1ccc(C(=O)Nc2ccccc2C(C)O)cn1. The van der Waals surface area contributed by atoms with E-state index >= 15 is 0 Å². The first-order valence-corrected chi connectivity index (χ1v) is 6.79. The molecule has 0 aliphatic carbocycles. The molecular weight excluding hydrogens is 268 g/mol. The number of aromatic nitrogens is 1. The highest BCUT2D eigenvalue weighted by Gasteiger charge is 2.12. The first-order chi connectivity index (χ1) is 10.1. The third-order valence-corrected chi connectivity index (χ3v) is 2.95. The molecule has 110 valence electrons. The van der Waals surface area contributed by atoms with Crippen molar-refractivity contribution in [2.45, 2.75) is 20.0 Å². The van der Waals surface area contributed by atoms with Gasteiger partial charge in [-0.3, -0.25) is 4.79 Å². The van der Waals surface area contributed by atoms with Crippen LogP contribution in [-0.2, 0) is 0 Å². The Balaban J connectivity index is 2.14. The second kappa shape index (κ2) is 6.85. The van der Waals surface area contributed by atoms with Gasteiger partial charge in [0.25, 0.3) is 5.91 Å².